The normalized spacial score (nSPS) is 12.0. The largest absolute Gasteiger partial charge is 0.497 e. The molecule has 0 saturated carbocycles. The highest BCUT2D eigenvalue weighted by atomic mass is 31.1. The van der Waals surface area contributed by atoms with E-state index in [1.54, 1.807) is 14.2 Å². The lowest BCUT2D eigenvalue weighted by Crippen LogP contribution is -2.33. The van der Waals surface area contributed by atoms with Gasteiger partial charge in [0, 0.05) is 29.8 Å². The minimum absolute atomic E-state index is 0.0980. The van der Waals surface area contributed by atoms with E-state index in [-0.39, 0.29) is 24.4 Å². The van der Waals surface area contributed by atoms with Crippen LogP contribution in [0.3, 0.4) is 0 Å². The Bertz CT molecular complexity index is 1510. The molecule has 0 heterocycles. The van der Waals surface area contributed by atoms with Crippen LogP contribution in [0.1, 0.15) is 77.6 Å². The molecular weight excluding hydrogens is 645 g/mol. The molecule has 4 aromatic rings. The van der Waals surface area contributed by atoms with Gasteiger partial charge in [0.25, 0.3) is 0 Å². The molecule has 4 rings (SSSR count). The van der Waals surface area contributed by atoms with E-state index in [2.05, 4.69) is 109 Å². The molecule has 0 radical (unpaired) electrons. The van der Waals surface area contributed by atoms with Crippen LogP contribution in [0, 0.1) is 0 Å². The van der Waals surface area contributed by atoms with E-state index in [0.717, 1.165) is 69.0 Å². The fourth-order valence-corrected chi connectivity index (χ4v) is 8.44. The van der Waals surface area contributed by atoms with E-state index in [4.69, 9.17) is 28.4 Å². The molecule has 50 heavy (non-hydrogen) atoms. The van der Waals surface area contributed by atoms with Crippen molar-refractivity contribution in [3.63, 3.8) is 0 Å². The van der Waals surface area contributed by atoms with Crippen LogP contribution in [0.2, 0.25) is 0 Å². The fourth-order valence-electron chi connectivity index (χ4n) is 5.75. The third-order valence-electron chi connectivity index (χ3n) is 8.44. The van der Waals surface area contributed by atoms with Gasteiger partial charge in [0.2, 0.25) is 0 Å². The highest BCUT2D eigenvalue weighted by molar-refractivity contribution is 7.71. The molecule has 0 aliphatic heterocycles. The molecule has 0 spiro atoms. The van der Waals surface area contributed by atoms with Crippen molar-refractivity contribution in [2.45, 2.75) is 79.4 Å². The van der Waals surface area contributed by atoms with Gasteiger partial charge in [-0.2, -0.15) is 0 Å². The smallest absolute Gasteiger partial charge is 0.189 e. The summed E-state index contributed by atoms with van der Waals surface area (Å²) in [5, 5.41) is 2.05. The van der Waals surface area contributed by atoms with Crippen LogP contribution >= 0.6 is 8.07 Å². The van der Waals surface area contributed by atoms with Crippen molar-refractivity contribution < 1.29 is 28.4 Å². The number of rotatable bonds is 17. The molecule has 0 N–H and O–H groups in total. The van der Waals surface area contributed by atoms with Gasteiger partial charge in [0.05, 0.1) is 27.4 Å². The average molecular weight is 702 g/mol. The number of ether oxygens (including phenoxy) is 6. The topological polar surface area (TPSA) is 58.6 Å². The number of hydrogen-bond donors (Lipinski definition) is 0. The second kappa shape index (κ2) is 18.1. The lowest BCUT2D eigenvalue weighted by Gasteiger charge is -2.36. The van der Waals surface area contributed by atoms with E-state index in [9.17, 15) is 0 Å². The molecule has 4 aromatic carbocycles. The summed E-state index contributed by atoms with van der Waals surface area (Å²) < 4.78 is 40.1. The lowest BCUT2D eigenvalue weighted by atomic mass is 9.86. The maximum absolute atomic E-state index is 6.71. The molecule has 8 heteroatoms. The van der Waals surface area contributed by atoms with Crippen LogP contribution in [-0.2, 0) is 33.5 Å². The number of benzene rings is 4. The molecule has 7 nitrogen and oxygen atoms in total. The zero-order valence-corrected chi connectivity index (χ0v) is 32.6. The van der Waals surface area contributed by atoms with Gasteiger partial charge in [0.1, 0.15) is 23.0 Å². The fraction of sp³-hybridized carbons (Fsp3) is 0.429. The molecule has 0 amide bonds. The van der Waals surface area contributed by atoms with Gasteiger partial charge in [-0.25, -0.2) is 0 Å². The van der Waals surface area contributed by atoms with Gasteiger partial charge in [-0.15, -0.1) is 0 Å². The minimum atomic E-state index is -1.24. The molecule has 0 aromatic heterocycles. The first kappa shape index (κ1) is 39.2. The average Bonchev–Trinajstić information content (AvgIpc) is 3.10. The molecular formula is C42H56NO6P. The summed E-state index contributed by atoms with van der Waals surface area (Å²) in [6.45, 7) is 20.3. The summed E-state index contributed by atoms with van der Waals surface area (Å²) in [6.07, 6.45) is 0. The SMILES string of the molecule is CCN(CC)P(c1cc(OC)cc(C(C)(C)C)c1OCOCc1ccccc1)c1cc(OC)cc(C(C)(C)C)c1OCOCc1ccccc1. The summed E-state index contributed by atoms with van der Waals surface area (Å²) >= 11 is 0. The Labute approximate surface area is 301 Å². The Kier molecular flexibility index (Phi) is 14.1. The third-order valence-corrected chi connectivity index (χ3v) is 11.1. The van der Waals surface area contributed by atoms with Gasteiger partial charge in [-0.05, 0) is 59.3 Å². The number of nitrogens with zero attached hydrogens (tertiary/aromatic N) is 1. The molecule has 270 valence electrons. The first-order valence-electron chi connectivity index (χ1n) is 17.4. The van der Waals surface area contributed by atoms with Crippen LogP contribution in [0.25, 0.3) is 0 Å². The van der Waals surface area contributed by atoms with Gasteiger partial charge >= 0.3 is 0 Å². The summed E-state index contributed by atoms with van der Waals surface area (Å²) in [6, 6.07) is 28.7. The van der Waals surface area contributed by atoms with Crippen molar-refractivity contribution >= 4 is 18.7 Å². The summed E-state index contributed by atoms with van der Waals surface area (Å²) in [5.41, 5.74) is 3.77. The van der Waals surface area contributed by atoms with E-state index in [0.29, 0.717) is 13.2 Å². The van der Waals surface area contributed by atoms with Gasteiger partial charge in [0.15, 0.2) is 13.6 Å². The van der Waals surface area contributed by atoms with E-state index in [1.165, 1.54) is 0 Å². The van der Waals surface area contributed by atoms with Crippen LogP contribution in [0.4, 0.5) is 0 Å². The van der Waals surface area contributed by atoms with Crippen LogP contribution in [0.15, 0.2) is 84.9 Å². The van der Waals surface area contributed by atoms with Crippen LogP contribution < -0.4 is 29.6 Å². The Morgan fingerprint density at radius 3 is 1.26 bits per heavy atom. The highest BCUT2D eigenvalue weighted by Gasteiger charge is 2.35. The van der Waals surface area contributed by atoms with Gasteiger partial charge in [-0.1, -0.05) is 116 Å². The van der Waals surface area contributed by atoms with Crippen molar-refractivity contribution in [1.29, 1.82) is 0 Å². The standard InChI is InChI=1S/C42H56NO6P/c1-11-43(12-2)50(37-25-33(44-9)23-35(41(3,4)5)39(37)48-29-46-27-31-19-15-13-16-20-31)38-26-34(45-10)24-36(42(6,7)8)40(38)49-30-47-28-32-21-17-14-18-22-32/h13-26H,11-12,27-30H2,1-10H3. The second-order valence-corrected chi connectivity index (χ2v) is 16.3. The molecule has 0 saturated heterocycles. The van der Waals surface area contributed by atoms with Crippen molar-refractivity contribution in [1.82, 2.24) is 4.67 Å². The number of methoxy groups -OCH3 is 2. The Morgan fingerprint density at radius 2 is 0.940 bits per heavy atom. The quantitative estimate of drug-likeness (QED) is 0.0619. The van der Waals surface area contributed by atoms with Crippen LogP contribution in [0.5, 0.6) is 23.0 Å². The minimum Gasteiger partial charge on any atom is -0.497 e. The molecule has 0 aliphatic rings. The summed E-state index contributed by atoms with van der Waals surface area (Å²) in [7, 11) is 2.19. The summed E-state index contributed by atoms with van der Waals surface area (Å²) in [4.78, 5) is 0. The zero-order valence-electron chi connectivity index (χ0n) is 31.7. The Hall–Kier alpha value is -3.61. The molecule has 0 unspecified atom stereocenters. The second-order valence-electron chi connectivity index (χ2n) is 14.2. The van der Waals surface area contributed by atoms with Crippen LogP contribution in [-0.4, -0.2) is 45.6 Å². The van der Waals surface area contributed by atoms with Gasteiger partial charge in [-0.3, -0.25) is 4.67 Å². The monoisotopic (exact) mass is 701 g/mol. The van der Waals surface area contributed by atoms with Crippen molar-refractivity contribution in [2.24, 2.45) is 0 Å². The maximum atomic E-state index is 6.71. The number of hydrogen-bond acceptors (Lipinski definition) is 7. The molecule has 0 atom stereocenters. The molecule has 0 bridgehead atoms. The third kappa shape index (κ3) is 10.2. The molecule has 0 aliphatic carbocycles. The Balaban J connectivity index is 1.89. The highest BCUT2D eigenvalue weighted by Crippen LogP contribution is 2.50. The Morgan fingerprint density at radius 1 is 0.560 bits per heavy atom. The first-order chi connectivity index (χ1) is 23.9. The van der Waals surface area contributed by atoms with Crippen molar-refractivity contribution in [2.75, 3.05) is 40.9 Å². The zero-order chi connectivity index (χ0) is 36.3. The predicted molar refractivity (Wildman–Crippen MR) is 206 cm³/mol. The molecule has 0 fully saturated rings. The maximum Gasteiger partial charge on any atom is 0.189 e. The predicted octanol–water partition coefficient (Wildman–Crippen LogP) is 9.09. The first-order valence-corrected chi connectivity index (χ1v) is 18.7. The van der Waals surface area contributed by atoms with Gasteiger partial charge < -0.3 is 28.4 Å². The van der Waals surface area contributed by atoms with E-state index < -0.39 is 8.07 Å². The lowest BCUT2D eigenvalue weighted by molar-refractivity contribution is 0.00468. The summed E-state index contributed by atoms with van der Waals surface area (Å²) in [5.74, 6) is 3.15. The van der Waals surface area contributed by atoms with E-state index in [1.807, 2.05) is 36.4 Å². The van der Waals surface area contributed by atoms with Crippen molar-refractivity contribution in [3.8, 4) is 23.0 Å². The van der Waals surface area contributed by atoms with E-state index >= 15 is 0 Å². The van der Waals surface area contributed by atoms with Crippen molar-refractivity contribution in [3.05, 3.63) is 107 Å².